The van der Waals surface area contributed by atoms with E-state index in [0.717, 1.165) is 17.5 Å². The number of hydrogen-bond acceptors (Lipinski definition) is 6. The summed E-state index contributed by atoms with van der Waals surface area (Å²) in [6.45, 7) is 1.09. The van der Waals surface area contributed by atoms with E-state index in [2.05, 4.69) is 14.6 Å². The molecule has 1 aliphatic rings. The van der Waals surface area contributed by atoms with E-state index in [1.807, 2.05) is 0 Å². The van der Waals surface area contributed by atoms with Crippen molar-refractivity contribution in [3.05, 3.63) is 96.4 Å². The number of Topliss-reactive ketones (excluding diaryl/α,β-unsaturated/α-hetero) is 1. The van der Waals surface area contributed by atoms with Crippen molar-refractivity contribution in [1.82, 2.24) is 4.98 Å². The summed E-state index contributed by atoms with van der Waals surface area (Å²) in [7, 11) is -3.87. The number of anilines is 2. The van der Waals surface area contributed by atoms with Gasteiger partial charge in [-0.3, -0.25) is 14.5 Å². The van der Waals surface area contributed by atoms with Crippen LogP contribution in [-0.4, -0.2) is 38.3 Å². The standard InChI is InChI=1S/C28H27FN4O3S/c29-22-8-12-24(13-9-22)33(16-14-30)25-17-21(25)18-26(34)19-6-10-23(11-7-19)32-37(35,36)27-5-1-3-20-4-2-15-31-28(20)27/h1-13,15,21,25,32H,14,16-18,30H2/t21-,25?/m0/s1. The van der Waals surface area contributed by atoms with Crippen molar-refractivity contribution in [2.45, 2.75) is 23.8 Å². The van der Waals surface area contributed by atoms with Gasteiger partial charge in [0.05, 0.1) is 5.52 Å². The Morgan fingerprint density at radius 1 is 1.03 bits per heavy atom. The number of carbonyl (C=O) groups is 1. The van der Waals surface area contributed by atoms with Crippen molar-refractivity contribution < 1.29 is 17.6 Å². The van der Waals surface area contributed by atoms with Crippen LogP contribution in [0.5, 0.6) is 0 Å². The number of benzene rings is 3. The Labute approximate surface area is 215 Å². The molecule has 1 fully saturated rings. The lowest BCUT2D eigenvalue weighted by molar-refractivity contribution is 0.0975. The maximum Gasteiger partial charge on any atom is 0.264 e. The third-order valence-electron chi connectivity index (χ3n) is 6.61. The molecule has 9 heteroatoms. The Morgan fingerprint density at radius 3 is 2.49 bits per heavy atom. The minimum atomic E-state index is -3.87. The van der Waals surface area contributed by atoms with E-state index in [1.54, 1.807) is 66.9 Å². The number of sulfonamides is 1. The molecule has 1 aromatic heterocycles. The van der Waals surface area contributed by atoms with Crippen molar-refractivity contribution in [2.75, 3.05) is 22.7 Å². The molecule has 1 aliphatic carbocycles. The van der Waals surface area contributed by atoms with Gasteiger partial charge in [-0.25, -0.2) is 12.8 Å². The number of nitrogens with two attached hydrogens (primary N) is 1. The highest BCUT2D eigenvalue weighted by molar-refractivity contribution is 7.93. The van der Waals surface area contributed by atoms with Gasteiger partial charge in [0.1, 0.15) is 10.7 Å². The number of aromatic nitrogens is 1. The number of fused-ring (bicyclic) bond motifs is 1. The second-order valence-corrected chi connectivity index (χ2v) is 10.8. The predicted molar refractivity (Wildman–Crippen MR) is 143 cm³/mol. The lowest BCUT2D eigenvalue weighted by atomic mass is 10.1. The van der Waals surface area contributed by atoms with E-state index in [0.29, 0.717) is 36.3 Å². The molecule has 37 heavy (non-hydrogen) atoms. The number of nitrogens with one attached hydrogen (secondary N) is 1. The summed E-state index contributed by atoms with van der Waals surface area (Å²) in [6.07, 6.45) is 2.79. The maximum atomic E-state index is 13.3. The van der Waals surface area contributed by atoms with Gasteiger partial charge in [-0.2, -0.15) is 0 Å². The predicted octanol–water partition coefficient (Wildman–Crippen LogP) is 4.60. The van der Waals surface area contributed by atoms with E-state index in [9.17, 15) is 17.6 Å². The van der Waals surface area contributed by atoms with Gasteiger partial charge in [-0.15, -0.1) is 0 Å². The lowest BCUT2D eigenvalue weighted by Crippen LogP contribution is -2.32. The molecule has 0 bridgehead atoms. The molecular formula is C28H27FN4O3S. The molecule has 1 saturated carbocycles. The number of halogens is 1. The Kier molecular flexibility index (Phi) is 6.90. The van der Waals surface area contributed by atoms with E-state index < -0.39 is 10.0 Å². The van der Waals surface area contributed by atoms with Gasteiger partial charge in [0, 0.05) is 54.1 Å². The zero-order valence-corrected chi connectivity index (χ0v) is 20.9. The van der Waals surface area contributed by atoms with Gasteiger partial charge >= 0.3 is 0 Å². The monoisotopic (exact) mass is 518 g/mol. The normalized spacial score (nSPS) is 16.9. The van der Waals surface area contributed by atoms with Crippen molar-refractivity contribution >= 4 is 38.1 Å². The number of nitrogens with zero attached hydrogens (tertiary/aromatic N) is 2. The smallest absolute Gasteiger partial charge is 0.264 e. The maximum absolute atomic E-state index is 13.3. The second-order valence-electron chi connectivity index (χ2n) is 9.16. The third-order valence-corrected chi connectivity index (χ3v) is 8.02. The minimum absolute atomic E-state index is 0.00744. The van der Waals surface area contributed by atoms with E-state index in [1.165, 1.54) is 18.2 Å². The lowest BCUT2D eigenvalue weighted by Gasteiger charge is -2.25. The fourth-order valence-electron chi connectivity index (χ4n) is 4.67. The molecule has 7 nitrogen and oxygen atoms in total. The summed E-state index contributed by atoms with van der Waals surface area (Å²) in [4.78, 5) is 19.4. The summed E-state index contributed by atoms with van der Waals surface area (Å²) < 4.78 is 42.0. The van der Waals surface area contributed by atoms with Crippen LogP contribution in [0.2, 0.25) is 0 Å². The van der Waals surface area contributed by atoms with Crippen molar-refractivity contribution in [1.29, 1.82) is 0 Å². The van der Waals surface area contributed by atoms with Crippen LogP contribution in [0.25, 0.3) is 10.9 Å². The first-order chi connectivity index (χ1) is 17.9. The highest BCUT2D eigenvalue weighted by Crippen LogP contribution is 2.41. The number of pyridine rings is 1. The van der Waals surface area contributed by atoms with Crippen LogP contribution in [0.1, 0.15) is 23.2 Å². The number of carbonyl (C=O) groups excluding carboxylic acids is 1. The van der Waals surface area contributed by atoms with Gasteiger partial charge in [-0.1, -0.05) is 18.2 Å². The first kappa shape index (κ1) is 24.9. The van der Waals surface area contributed by atoms with Gasteiger partial charge < -0.3 is 10.6 Å². The summed E-state index contributed by atoms with van der Waals surface area (Å²) >= 11 is 0. The van der Waals surface area contributed by atoms with E-state index in [4.69, 9.17) is 5.73 Å². The van der Waals surface area contributed by atoms with Crippen LogP contribution in [0, 0.1) is 11.7 Å². The highest BCUT2D eigenvalue weighted by Gasteiger charge is 2.42. The summed E-state index contributed by atoms with van der Waals surface area (Å²) in [5.41, 5.74) is 7.96. The molecule has 1 heterocycles. The largest absolute Gasteiger partial charge is 0.367 e. The third kappa shape index (κ3) is 5.47. The van der Waals surface area contributed by atoms with Crippen molar-refractivity contribution in [3.8, 4) is 0 Å². The average molecular weight is 519 g/mol. The van der Waals surface area contributed by atoms with Gasteiger partial charge in [0.25, 0.3) is 10.0 Å². The van der Waals surface area contributed by atoms with Crippen molar-refractivity contribution in [3.63, 3.8) is 0 Å². The Balaban J connectivity index is 1.24. The minimum Gasteiger partial charge on any atom is -0.367 e. The van der Waals surface area contributed by atoms with Crippen LogP contribution < -0.4 is 15.4 Å². The van der Waals surface area contributed by atoms with Gasteiger partial charge in [0.15, 0.2) is 5.78 Å². The van der Waals surface area contributed by atoms with Crippen LogP contribution in [0.3, 0.4) is 0 Å². The van der Waals surface area contributed by atoms with Gasteiger partial charge in [0.2, 0.25) is 0 Å². The van der Waals surface area contributed by atoms with Crippen LogP contribution in [0.4, 0.5) is 15.8 Å². The Hall–Kier alpha value is -3.82. The summed E-state index contributed by atoms with van der Waals surface area (Å²) in [5, 5.41) is 0.731. The second kappa shape index (κ2) is 10.3. The molecule has 0 saturated heterocycles. The molecule has 3 N–H and O–H groups in total. The molecule has 0 spiro atoms. The molecule has 1 unspecified atom stereocenters. The molecule has 3 aromatic carbocycles. The molecule has 2 atom stereocenters. The summed E-state index contributed by atoms with van der Waals surface area (Å²) in [6, 6.07) is 21.5. The topological polar surface area (TPSA) is 105 Å². The Morgan fingerprint density at radius 2 is 1.76 bits per heavy atom. The molecule has 0 aliphatic heterocycles. The molecule has 0 radical (unpaired) electrons. The molecular weight excluding hydrogens is 491 g/mol. The quantitative estimate of drug-likeness (QED) is 0.297. The average Bonchev–Trinajstić information content (AvgIpc) is 3.66. The number of ketones is 1. The fraction of sp³-hybridized carbons (Fsp3) is 0.214. The molecule has 4 aromatic rings. The zero-order valence-electron chi connectivity index (χ0n) is 20.0. The molecule has 190 valence electrons. The highest BCUT2D eigenvalue weighted by atomic mass is 32.2. The summed E-state index contributed by atoms with van der Waals surface area (Å²) in [5.74, 6) is -0.119. The van der Waals surface area contributed by atoms with Crippen LogP contribution >= 0.6 is 0 Å². The molecule has 5 rings (SSSR count). The van der Waals surface area contributed by atoms with E-state index >= 15 is 0 Å². The zero-order chi connectivity index (χ0) is 26.0. The first-order valence-corrected chi connectivity index (χ1v) is 13.6. The first-order valence-electron chi connectivity index (χ1n) is 12.1. The SMILES string of the molecule is NCCN(c1ccc(F)cc1)C1C[C@H]1CC(=O)c1ccc(NS(=O)(=O)c2cccc3cccnc23)cc1. The van der Waals surface area contributed by atoms with E-state index in [-0.39, 0.29) is 28.5 Å². The van der Waals surface area contributed by atoms with Crippen LogP contribution in [-0.2, 0) is 10.0 Å². The van der Waals surface area contributed by atoms with Crippen molar-refractivity contribution in [2.24, 2.45) is 11.7 Å². The molecule has 0 amide bonds. The van der Waals surface area contributed by atoms with Crippen LogP contribution in [0.15, 0.2) is 90.0 Å². The fourth-order valence-corrected chi connectivity index (χ4v) is 5.91. The Bertz CT molecular complexity index is 1520. The number of rotatable bonds is 10. The number of hydrogen-bond donors (Lipinski definition) is 2. The van der Waals surface area contributed by atoms with Gasteiger partial charge in [-0.05, 0) is 73.0 Å². The number of para-hydroxylation sites is 1.